The first-order chi connectivity index (χ1) is 14.4. The summed E-state index contributed by atoms with van der Waals surface area (Å²) < 4.78 is 33.0. The predicted molar refractivity (Wildman–Crippen MR) is 113 cm³/mol. The van der Waals surface area contributed by atoms with Crippen LogP contribution in [-0.4, -0.2) is 26.6 Å². The molecule has 0 bridgehead atoms. The number of benzene rings is 2. The SMILES string of the molecule is O=C(Nc1c2c(cc3c1CCC3)CCC2)NS(=O)(=O)c1ccc2c(c1)OB(O)CC2. The Labute approximate surface area is 176 Å². The molecule has 0 fully saturated rings. The molecule has 0 atom stereocenters. The maximum Gasteiger partial charge on any atom is 0.522 e. The Hall–Kier alpha value is -2.52. The molecule has 1 heterocycles. The van der Waals surface area contributed by atoms with Crippen LogP contribution in [0.2, 0.25) is 6.32 Å². The summed E-state index contributed by atoms with van der Waals surface area (Å²) in [4.78, 5) is 12.6. The van der Waals surface area contributed by atoms with Crippen LogP contribution in [-0.2, 0) is 42.1 Å². The molecule has 0 aromatic heterocycles. The first-order valence-corrected chi connectivity index (χ1v) is 11.9. The van der Waals surface area contributed by atoms with Crippen LogP contribution in [0, 0.1) is 0 Å². The van der Waals surface area contributed by atoms with Crippen LogP contribution in [0.5, 0.6) is 5.75 Å². The first kappa shape index (κ1) is 19.4. The molecule has 3 N–H and O–H groups in total. The number of hydrogen-bond donors (Lipinski definition) is 3. The van der Waals surface area contributed by atoms with E-state index in [-0.39, 0.29) is 4.90 Å². The zero-order valence-corrected chi connectivity index (χ0v) is 17.3. The minimum absolute atomic E-state index is 0.0750. The van der Waals surface area contributed by atoms with Gasteiger partial charge in [-0.1, -0.05) is 12.1 Å². The van der Waals surface area contributed by atoms with Crippen molar-refractivity contribution in [2.24, 2.45) is 0 Å². The number of rotatable bonds is 3. The highest BCUT2D eigenvalue weighted by atomic mass is 32.2. The standard InChI is InChI=1S/C21H23BN2O5S/c25-21(23-20-17-5-1-3-14(17)11-15-4-2-6-18(15)20)24-30(27,28)16-8-7-13-9-10-22(26)29-19(13)12-16/h7-8,11-12,26H,1-6,9-10H2,(H2,23,24,25). The number of fused-ring (bicyclic) bond motifs is 3. The van der Waals surface area contributed by atoms with Crippen molar-refractivity contribution in [2.75, 3.05) is 5.32 Å². The smallest absolute Gasteiger partial charge is 0.522 e. The first-order valence-electron chi connectivity index (χ1n) is 10.4. The molecule has 5 rings (SSSR count). The van der Waals surface area contributed by atoms with Gasteiger partial charge < -0.3 is 15.0 Å². The molecule has 3 aliphatic rings. The van der Waals surface area contributed by atoms with Crippen LogP contribution >= 0.6 is 0 Å². The predicted octanol–water partition coefficient (Wildman–Crippen LogP) is 2.59. The van der Waals surface area contributed by atoms with Gasteiger partial charge in [0.1, 0.15) is 5.75 Å². The van der Waals surface area contributed by atoms with Gasteiger partial charge in [-0.25, -0.2) is 17.9 Å². The van der Waals surface area contributed by atoms with E-state index in [2.05, 4.69) is 16.1 Å². The number of carbonyl (C=O) groups excluding carboxylic acids is 1. The minimum atomic E-state index is -4.08. The lowest BCUT2D eigenvalue weighted by molar-refractivity contribution is 0.256. The third-order valence-electron chi connectivity index (χ3n) is 6.21. The molecule has 30 heavy (non-hydrogen) atoms. The van der Waals surface area contributed by atoms with Crippen molar-refractivity contribution in [1.82, 2.24) is 4.72 Å². The van der Waals surface area contributed by atoms with Gasteiger partial charge in [-0.2, -0.15) is 0 Å². The van der Waals surface area contributed by atoms with Gasteiger partial charge in [-0.15, -0.1) is 0 Å². The summed E-state index contributed by atoms with van der Waals surface area (Å²) in [6.45, 7) is 0. The molecule has 156 valence electrons. The van der Waals surface area contributed by atoms with Crippen LogP contribution in [0.25, 0.3) is 0 Å². The van der Waals surface area contributed by atoms with Gasteiger partial charge in [0.15, 0.2) is 0 Å². The molecule has 0 spiro atoms. The van der Waals surface area contributed by atoms with E-state index < -0.39 is 23.2 Å². The zero-order valence-electron chi connectivity index (χ0n) is 16.5. The highest BCUT2D eigenvalue weighted by Crippen LogP contribution is 2.38. The number of amides is 2. The molecule has 0 radical (unpaired) electrons. The van der Waals surface area contributed by atoms with E-state index in [1.165, 1.54) is 23.3 Å². The Bertz CT molecular complexity index is 1120. The fraction of sp³-hybridized carbons (Fsp3) is 0.381. The summed E-state index contributed by atoms with van der Waals surface area (Å²) in [6.07, 6.45) is 6.96. The lowest BCUT2D eigenvalue weighted by Crippen LogP contribution is -2.35. The zero-order chi connectivity index (χ0) is 20.9. The van der Waals surface area contributed by atoms with E-state index in [1.54, 1.807) is 6.07 Å². The van der Waals surface area contributed by atoms with Crippen LogP contribution in [0.4, 0.5) is 10.5 Å². The lowest BCUT2D eigenvalue weighted by atomic mass is 9.79. The van der Waals surface area contributed by atoms with E-state index in [4.69, 9.17) is 4.65 Å². The van der Waals surface area contributed by atoms with Crippen molar-refractivity contribution >= 4 is 28.9 Å². The van der Waals surface area contributed by atoms with Crippen molar-refractivity contribution < 1.29 is 22.9 Å². The van der Waals surface area contributed by atoms with Crippen LogP contribution in [0.1, 0.15) is 40.7 Å². The summed E-state index contributed by atoms with van der Waals surface area (Å²) in [5.74, 6) is 0.329. The van der Waals surface area contributed by atoms with Crippen LogP contribution in [0.3, 0.4) is 0 Å². The second kappa shape index (κ2) is 7.32. The molecular weight excluding hydrogens is 403 g/mol. The van der Waals surface area contributed by atoms with Gasteiger partial charge in [-0.3, -0.25) is 0 Å². The van der Waals surface area contributed by atoms with E-state index in [1.807, 2.05) is 0 Å². The van der Waals surface area contributed by atoms with Gasteiger partial charge >= 0.3 is 13.1 Å². The summed E-state index contributed by atoms with van der Waals surface area (Å²) >= 11 is 0. The number of urea groups is 1. The monoisotopic (exact) mass is 426 g/mol. The summed E-state index contributed by atoms with van der Waals surface area (Å²) in [5.41, 5.74) is 6.43. The Morgan fingerprint density at radius 1 is 0.967 bits per heavy atom. The second-order valence-corrected chi connectivity index (χ2v) is 9.86. The molecule has 9 heteroatoms. The number of sulfonamides is 1. The molecule has 2 aromatic rings. The Morgan fingerprint density at radius 2 is 1.67 bits per heavy atom. The highest BCUT2D eigenvalue weighted by molar-refractivity contribution is 7.90. The Kier molecular flexibility index (Phi) is 4.74. The molecule has 0 saturated heterocycles. The molecule has 0 unspecified atom stereocenters. The molecule has 7 nitrogen and oxygen atoms in total. The average Bonchev–Trinajstić information content (AvgIpc) is 3.36. The Morgan fingerprint density at radius 3 is 2.37 bits per heavy atom. The van der Waals surface area contributed by atoms with E-state index in [9.17, 15) is 18.2 Å². The van der Waals surface area contributed by atoms with Crippen molar-refractivity contribution in [3.05, 3.63) is 52.1 Å². The van der Waals surface area contributed by atoms with E-state index >= 15 is 0 Å². The molecule has 2 aliphatic carbocycles. The fourth-order valence-electron chi connectivity index (χ4n) is 4.79. The van der Waals surface area contributed by atoms with Crippen LogP contribution in [0.15, 0.2) is 29.2 Å². The molecule has 0 saturated carbocycles. The van der Waals surface area contributed by atoms with E-state index in [0.29, 0.717) is 18.5 Å². The molecule has 2 aromatic carbocycles. The third kappa shape index (κ3) is 3.46. The molecule has 1 aliphatic heterocycles. The summed E-state index contributed by atoms with van der Waals surface area (Å²) in [6, 6.07) is 5.96. The summed E-state index contributed by atoms with van der Waals surface area (Å²) in [5, 5.41) is 12.5. The topological polar surface area (TPSA) is 105 Å². The van der Waals surface area contributed by atoms with Crippen LogP contribution < -0.4 is 14.7 Å². The molecule has 2 amide bonds. The minimum Gasteiger partial charge on any atom is -0.536 e. The fourth-order valence-corrected chi connectivity index (χ4v) is 5.71. The van der Waals surface area contributed by atoms with Gasteiger partial charge in [0, 0.05) is 5.69 Å². The number of aryl methyl sites for hydroxylation is 3. The lowest BCUT2D eigenvalue weighted by Gasteiger charge is -2.20. The van der Waals surface area contributed by atoms with Gasteiger partial charge in [-0.05, 0) is 91.2 Å². The number of carbonyl (C=O) groups is 1. The Balaban J connectivity index is 1.38. The van der Waals surface area contributed by atoms with Gasteiger partial charge in [0.2, 0.25) is 0 Å². The highest BCUT2D eigenvalue weighted by Gasteiger charge is 2.28. The van der Waals surface area contributed by atoms with Gasteiger partial charge in [0.05, 0.1) is 4.90 Å². The quantitative estimate of drug-likeness (QED) is 0.655. The number of hydrogen-bond acceptors (Lipinski definition) is 5. The van der Waals surface area contributed by atoms with Crippen molar-refractivity contribution in [1.29, 1.82) is 0 Å². The maximum atomic E-state index is 12.8. The van der Waals surface area contributed by atoms with E-state index in [0.717, 1.165) is 60.9 Å². The normalized spacial score (nSPS) is 17.0. The third-order valence-corrected chi connectivity index (χ3v) is 7.54. The van der Waals surface area contributed by atoms with Crippen molar-refractivity contribution in [3.8, 4) is 5.75 Å². The van der Waals surface area contributed by atoms with Gasteiger partial charge in [0.25, 0.3) is 10.0 Å². The second-order valence-electron chi connectivity index (χ2n) is 8.17. The van der Waals surface area contributed by atoms with Crippen molar-refractivity contribution in [3.63, 3.8) is 0 Å². The largest absolute Gasteiger partial charge is 0.536 e. The number of nitrogens with one attached hydrogen (secondary N) is 2. The average molecular weight is 426 g/mol. The maximum absolute atomic E-state index is 12.8. The number of anilines is 1. The molecular formula is C21H23BN2O5S. The summed E-state index contributed by atoms with van der Waals surface area (Å²) in [7, 11) is -5.03. The van der Waals surface area contributed by atoms with Crippen molar-refractivity contribution in [2.45, 2.75) is 56.2 Å².